The summed E-state index contributed by atoms with van der Waals surface area (Å²) in [5, 5.41) is 14.6. The Balaban J connectivity index is 3.69. The number of rotatable bonds is 9. The summed E-state index contributed by atoms with van der Waals surface area (Å²) < 4.78 is 33.7. The number of hydrogen-bond donors (Lipinski definition) is 2. The van der Waals surface area contributed by atoms with E-state index in [4.69, 9.17) is 9.81 Å². The summed E-state index contributed by atoms with van der Waals surface area (Å²) in [5.74, 6) is 0.199. The Morgan fingerprint density at radius 2 is 1.81 bits per heavy atom. The van der Waals surface area contributed by atoms with Crippen molar-refractivity contribution in [3.05, 3.63) is 0 Å². The lowest BCUT2D eigenvalue weighted by atomic mass is 10.6. The lowest BCUT2D eigenvalue weighted by molar-refractivity contribution is -0.432. The first-order valence-electron chi connectivity index (χ1n) is 4.34. The van der Waals surface area contributed by atoms with E-state index >= 15 is 0 Å². The molecule has 0 aromatic rings. The van der Waals surface area contributed by atoms with Gasteiger partial charge in [0.1, 0.15) is 0 Å². The molecule has 0 aliphatic rings. The monoisotopic (exact) mass is 276 g/mol. The Morgan fingerprint density at radius 3 is 2.31 bits per heavy atom. The molecule has 0 aromatic heterocycles. The largest absolute Gasteiger partial charge is 0.286 e. The van der Waals surface area contributed by atoms with Crippen LogP contribution in [0.1, 0.15) is 0 Å². The van der Waals surface area contributed by atoms with E-state index in [0.717, 1.165) is 12.0 Å². The van der Waals surface area contributed by atoms with Gasteiger partial charge in [0.15, 0.2) is 0 Å². The molecule has 0 aliphatic carbocycles. The van der Waals surface area contributed by atoms with Crippen LogP contribution in [0.3, 0.4) is 0 Å². The molecule has 0 heterocycles. The molecular formula is C6H16N2O6S2. The Hall–Kier alpha value is 0.0600. The highest BCUT2D eigenvalue weighted by Gasteiger charge is 2.10. The van der Waals surface area contributed by atoms with E-state index in [1.807, 2.05) is 0 Å². The molecule has 0 unspecified atom stereocenters. The molecule has 8 nitrogen and oxygen atoms in total. The van der Waals surface area contributed by atoms with Gasteiger partial charge < -0.3 is 0 Å². The molecular weight excluding hydrogens is 260 g/mol. The first-order valence-corrected chi connectivity index (χ1v) is 6.86. The van der Waals surface area contributed by atoms with Crippen molar-refractivity contribution in [1.29, 1.82) is 0 Å². The highest BCUT2D eigenvalue weighted by Crippen LogP contribution is 2.03. The molecule has 0 fully saturated rings. The summed E-state index contributed by atoms with van der Waals surface area (Å²) in [5.41, 5.74) is 0. The molecule has 0 amide bonds. The minimum Gasteiger partial charge on any atom is -0.286 e. The van der Waals surface area contributed by atoms with Crippen LogP contribution in [0.15, 0.2) is 0 Å². The second-order valence-electron chi connectivity index (χ2n) is 3.01. The summed E-state index contributed by atoms with van der Waals surface area (Å²) >= 11 is 0.914. The van der Waals surface area contributed by atoms with Crippen LogP contribution in [0, 0.1) is 0 Å². The van der Waals surface area contributed by atoms with Crippen molar-refractivity contribution in [3.8, 4) is 0 Å². The number of hydrogen-bond acceptors (Lipinski definition) is 8. The van der Waals surface area contributed by atoms with Crippen molar-refractivity contribution in [1.82, 2.24) is 10.0 Å². The third-order valence-corrected chi connectivity index (χ3v) is 3.04. The van der Waals surface area contributed by atoms with E-state index in [1.165, 1.54) is 0 Å². The van der Waals surface area contributed by atoms with Gasteiger partial charge in [-0.05, 0) is 0 Å². The highest BCUT2D eigenvalue weighted by molar-refractivity contribution is 7.94. The fourth-order valence-electron chi connectivity index (χ4n) is 0.814. The second kappa shape index (κ2) is 8.20. The third kappa shape index (κ3) is 9.30. The van der Waals surface area contributed by atoms with Gasteiger partial charge in [0.25, 0.3) is 10.1 Å². The van der Waals surface area contributed by atoms with Crippen LogP contribution in [0.2, 0.25) is 0 Å². The third-order valence-electron chi connectivity index (χ3n) is 1.83. The zero-order valence-electron chi connectivity index (χ0n) is 9.07. The highest BCUT2D eigenvalue weighted by atomic mass is 32.2. The van der Waals surface area contributed by atoms with Crippen molar-refractivity contribution in [2.45, 2.75) is 0 Å². The summed E-state index contributed by atoms with van der Waals surface area (Å²) in [4.78, 5) is 0. The first-order chi connectivity index (χ1) is 7.37. The molecule has 0 saturated carbocycles. The molecule has 0 atom stereocenters. The van der Waals surface area contributed by atoms with Crippen LogP contribution in [0.5, 0.6) is 0 Å². The van der Waals surface area contributed by atoms with Crippen LogP contribution in [0.4, 0.5) is 0 Å². The van der Waals surface area contributed by atoms with Crippen molar-refractivity contribution in [2.24, 2.45) is 0 Å². The van der Waals surface area contributed by atoms with Crippen LogP contribution >= 0.6 is 12.0 Å². The standard InChI is InChI=1S/C6H16N2O6S2/c1-7(3-5-15-14-13-9)8(2)4-6-16(10,11)12/h9H,3-6H2,1-2H3,(H,10,11,12). The van der Waals surface area contributed by atoms with Crippen LogP contribution in [0.25, 0.3) is 0 Å². The maximum atomic E-state index is 10.5. The number of nitrogens with zero attached hydrogens (tertiary/aromatic N) is 2. The topological polar surface area (TPSA) is 99.5 Å². The molecule has 0 spiro atoms. The first kappa shape index (κ1) is 16.1. The molecule has 0 radical (unpaired) electrons. The molecule has 0 saturated heterocycles. The molecule has 0 rings (SSSR count). The normalized spacial score (nSPS) is 12.6. The molecule has 10 heteroatoms. The van der Waals surface area contributed by atoms with Gasteiger partial charge in [0.2, 0.25) is 0 Å². The van der Waals surface area contributed by atoms with Crippen molar-refractivity contribution >= 4 is 22.2 Å². The van der Waals surface area contributed by atoms with Crippen molar-refractivity contribution < 1.29 is 27.6 Å². The predicted molar refractivity (Wildman–Crippen MR) is 58.9 cm³/mol. The van der Waals surface area contributed by atoms with E-state index < -0.39 is 10.1 Å². The molecule has 0 bridgehead atoms. The van der Waals surface area contributed by atoms with E-state index in [-0.39, 0.29) is 12.3 Å². The van der Waals surface area contributed by atoms with Crippen LogP contribution in [-0.4, -0.2) is 66.9 Å². The van der Waals surface area contributed by atoms with Crippen LogP contribution in [-0.2, 0) is 19.5 Å². The maximum Gasteiger partial charge on any atom is 0.266 e. The SMILES string of the molecule is CN(CCSOOO)N(C)CCS(=O)(=O)O. The van der Waals surface area contributed by atoms with E-state index in [0.29, 0.717) is 12.3 Å². The van der Waals surface area contributed by atoms with Gasteiger partial charge in [-0.15, -0.1) is 4.33 Å². The summed E-state index contributed by atoms with van der Waals surface area (Å²) in [6.45, 7) is 0.757. The Bertz CT molecular complexity index is 272. The van der Waals surface area contributed by atoms with E-state index in [2.05, 4.69) is 9.37 Å². The smallest absolute Gasteiger partial charge is 0.266 e. The Morgan fingerprint density at radius 1 is 1.25 bits per heavy atom. The zero-order chi connectivity index (χ0) is 12.6. The van der Waals surface area contributed by atoms with Gasteiger partial charge in [-0.1, -0.05) is 5.04 Å². The maximum absolute atomic E-state index is 10.5. The minimum absolute atomic E-state index is 0.192. The van der Waals surface area contributed by atoms with Gasteiger partial charge >= 0.3 is 0 Å². The van der Waals surface area contributed by atoms with Crippen molar-refractivity contribution in [2.75, 3.05) is 38.7 Å². The zero-order valence-corrected chi connectivity index (χ0v) is 10.7. The summed E-state index contributed by atoms with van der Waals surface area (Å²) in [7, 11) is -0.485. The van der Waals surface area contributed by atoms with E-state index in [9.17, 15) is 8.42 Å². The predicted octanol–water partition coefficient (Wildman–Crippen LogP) is -0.278. The molecule has 0 aromatic carbocycles. The summed E-state index contributed by atoms with van der Waals surface area (Å²) in [6.07, 6.45) is 0. The van der Waals surface area contributed by atoms with Gasteiger partial charge in [0.05, 0.1) is 5.75 Å². The number of hydrazine groups is 1. The van der Waals surface area contributed by atoms with Crippen molar-refractivity contribution in [3.63, 3.8) is 0 Å². The lowest BCUT2D eigenvalue weighted by Crippen LogP contribution is -2.40. The van der Waals surface area contributed by atoms with Gasteiger partial charge in [-0.3, -0.25) is 4.55 Å². The van der Waals surface area contributed by atoms with Gasteiger partial charge in [0, 0.05) is 45.0 Å². The lowest BCUT2D eigenvalue weighted by Gasteiger charge is -2.27. The summed E-state index contributed by atoms with van der Waals surface area (Å²) in [6, 6.07) is 0. The fourth-order valence-corrected chi connectivity index (χ4v) is 1.76. The Labute approximate surface area is 98.9 Å². The quantitative estimate of drug-likeness (QED) is 0.194. The average molecular weight is 276 g/mol. The minimum atomic E-state index is -3.93. The Kier molecular flexibility index (Phi) is 8.23. The fraction of sp³-hybridized carbons (Fsp3) is 1.00. The van der Waals surface area contributed by atoms with Gasteiger partial charge in [-0.25, -0.2) is 15.3 Å². The van der Waals surface area contributed by atoms with Gasteiger partial charge in [-0.2, -0.15) is 8.42 Å². The van der Waals surface area contributed by atoms with E-state index in [1.54, 1.807) is 24.1 Å². The molecule has 0 aliphatic heterocycles. The molecule has 98 valence electrons. The average Bonchev–Trinajstić information content (AvgIpc) is 2.19. The van der Waals surface area contributed by atoms with Crippen LogP contribution < -0.4 is 0 Å². The second-order valence-corrected chi connectivity index (χ2v) is 5.37. The molecule has 16 heavy (non-hydrogen) atoms. The molecule has 2 N–H and O–H groups in total.